The van der Waals surface area contributed by atoms with Gasteiger partial charge in [0.15, 0.2) is 0 Å². The van der Waals surface area contributed by atoms with E-state index in [2.05, 4.69) is 26.8 Å². The second-order valence-corrected chi connectivity index (χ2v) is 5.89. The van der Waals surface area contributed by atoms with Crippen LogP contribution in [0.5, 0.6) is 0 Å². The van der Waals surface area contributed by atoms with Gasteiger partial charge in [-0.2, -0.15) is 0 Å². The Morgan fingerprint density at radius 3 is 1.67 bits per heavy atom. The molecule has 0 fully saturated rings. The van der Waals surface area contributed by atoms with Crippen molar-refractivity contribution in [3.05, 3.63) is 34.4 Å². The first-order valence-corrected chi connectivity index (χ1v) is 8.51. The van der Waals surface area contributed by atoms with Gasteiger partial charge in [-0.3, -0.25) is 0 Å². The Balaban J connectivity index is 3.13. The lowest BCUT2D eigenvalue weighted by molar-refractivity contribution is 0.0695. The van der Waals surface area contributed by atoms with Gasteiger partial charge in [0.05, 0.1) is 5.56 Å². The molecule has 0 bridgehead atoms. The van der Waals surface area contributed by atoms with Gasteiger partial charge in [-0.25, -0.2) is 4.79 Å². The molecule has 21 heavy (non-hydrogen) atoms. The van der Waals surface area contributed by atoms with Crippen molar-refractivity contribution in [2.24, 2.45) is 0 Å². The third-order valence-electron chi connectivity index (χ3n) is 4.05. The minimum atomic E-state index is -0.777. The van der Waals surface area contributed by atoms with E-state index in [0.29, 0.717) is 5.56 Å². The quantitative estimate of drug-likeness (QED) is 0.625. The minimum absolute atomic E-state index is 0.523. The highest BCUT2D eigenvalue weighted by Crippen LogP contribution is 2.23. The highest BCUT2D eigenvalue weighted by Gasteiger charge is 2.14. The molecule has 1 aromatic rings. The van der Waals surface area contributed by atoms with E-state index in [1.54, 1.807) is 0 Å². The molecule has 0 saturated heterocycles. The zero-order chi connectivity index (χ0) is 15.7. The molecule has 118 valence electrons. The lowest BCUT2D eigenvalue weighted by Crippen LogP contribution is -2.07. The summed E-state index contributed by atoms with van der Waals surface area (Å²) in [6, 6.07) is 4.13. The van der Waals surface area contributed by atoms with Gasteiger partial charge in [-0.15, -0.1) is 0 Å². The number of rotatable bonds is 10. The van der Waals surface area contributed by atoms with Crippen LogP contribution >= 0.6 is 0 Å². The van der Waals surface area contributed by atoms with Crippen molar-refractivity contribution in [1.82, 2.24) is 0 Å². The molecule has 0 spiro atoms. The maximum atomic E-state index is 11.5. The molecular formula is C19H30O2. The molecule has 0 unspecified atom stereocenters. The fourth-order valence-corrected chi connectivity index (χ4v) is 2.71. The van der Waals surface area contributed by atoms with Gasteiger partial charge < -0.3 is 5.11 Å². The van der Waals surface area contributed by atoms with Crippen LogP contribution in [-0.2, 0) is 19.3 Å². The largest absolute Gasteiger partial charge is 0.478 e. The molecule has 2 heteroatoms. The normalized spacial score (nSPS) is 10.8. The second kappa shape index (κ2) is 9.59. The van der Waals surface area contributed by atoms with Crippen LogP contribution in [0.3, 0.4) is 0 Å². The fraction of sp³-hybridized carbons (Fsp3) is 0.632. The maximum absolute atomic E-state index is 11.5. The zero-order valence-corrected chi connectivity index (χ0v) is 13.9. The van der Waals surface area contributed by atoms with E-state index in [-0.39, 0.29) is 0 Å². The molecular weight excluding hydrogens is 260 g/mol. The Hall–Kier alpha value is -1.31. The Labute approximate surface area is 129 Å². The Kier molecular flexibility index (Phi) is 8.11. The van der Waals surface area contributed by atoms with Crippen molar-refractivity contribution in [2.75, 3.05) is 0 Å². The van der Waals surface area contributed by atoms with Crippen LogP contribution < -0.4 is 0 Å². The van der Waals surface area contributed by atoms with Crippen LogP contribution in [0.25, 0.3) is 0 Å². The summed E-state index contributed by atoms with van der Waals surface area (Å²) in [4.78, 5) is 11.5. The number of aryl methyl sites for hydroxylation is 3. The van der Waals surface area contributed by atoms with Gasteiger partial charge in [0.2, 0.25) is 0 Å². The first-order valence-electron chi connectivity index (χ1n) is 8.51. The number of hydrogen-bond donors (Lipinski definition) is 1. The smallest absolute Gasteiger partial charge is 0.335 e. The lowest BCUT2D eigenvalue weighted by Gasteiger charge is -2.15. The van der Waals surface area contributed by atoms with Gasteiger partial charge in [-0.05, 0) is 61.3 Å². The van der Waals surface area contributed by atoms with E-state index >= 15 is 0 Å². The number of aromatic carboxylic acids is 1. The maximum Gasteiger partial charge on any atom is 0.335 e. The van der Waals surface area contributed by atoms with Crippen molar-refractivity contribution in [3.8, 4) is 0 Å². The molecule has 0 aliphatic carbocycles. The van der Waals surface area contributed by atoms with Crippen molar-refractivity contribution in [3.63, 3.8) is 0 Å². The molecule has 0 aliphatic heterocycles. The number of benzene rings is 1. The highest BCUT2D eigenvalue weighted by molar-refractivity contribution is 5.89. The molecule has 0 aliphatic rings. The van der Waals surface area contributed by atoms with Crippen LogP contribution in [-0.4, -0.2) is 11.1 Å². The van der Waals surface area contributed by atoms with Crippen molar-refractivity contribution in [1.29, 1.82) is 0 Å². The number of hydrogen-bond acceptors (Lipinski definition) is 1. The standard InChI is InChI=1S/C19H30O2/c1-4-7-10-15-13-17(12-9-6-3)18(19(20)21)14-16(15)11-8-5-2/h13-14H,4-12H2,1-3H3,(H,20,21). The highest BCUT2D eigenvalue weighted by atomic mass is 16.4. The van der Waals surface area contributed by atoms with Gasteiger partial charge in [0.1, 0.15) is 0 Å². The molecule has 0 heterocycles. The topological polar surface area (TPSA) is 37.3 Å². The Morgan fingerprint density at radius 1 is 0.810 bits per heavy atom. The van der Waals surface area contributed by atoms with E-state index < -0.39 is 5.97 Å². The molecule has 1 N–H and O–H groups in total. The summed E-state index contributed by atoms with van der Waals surface area (Å²) in [5, 5.41) is 9.48. The third-order valence-corrected chi connectivity index (χ3v) is 4.05. The fourth-order valence-electron chi connectivity index (χ4n) is 2.71. The van der Waals surface area contributed by atoms with Gasteiger partial charge >= 0.3 is 5.97 Å². The predicted octanol–water partition coefficient (Wildman–Crippen LogP) is 5.41. The van der Waals surface area contributed by atoms with Gasteiger partial charge in [0.25, 0.3) is 0 Å². The van der Waals surface area contributed by atoms with Gasteiger partial charge in [0, 0.05) is 0 Å². The lowest BCUT2D eigenvalue weighted by atomic mass is 9.90. The second-order valence-electron chi connectivity index (χ2n) is 5.89. The summed E-state index contributed by atoms with van der Waals surface area (Å²) in [5.74, 6) is -0.777. The summed E-state index contributed by atoms with van der Waals surface area (Å²) in [5.41, 5.74) is 4.18. The van der Waals surface area contributed by atoms with Crippen LogP contribution in [0, 0.1) is 0 Å². The zero-order valence-electron chi connectivity index (χ0n) is 13.9. The van der Waals surface area contributed by atoms with Crippen LogP contribution in [0.15, 0.2) is 12.1 Å². The molecule has 0 amide bonds. The van der Waals surface area contributed by atoms with Crippen LogP contribution in [0.1, 0.15) is 86.3 Å². The summed E-state index contributed by atoms with van der Waals surface area (Å²) in [6.07, 6.45) is 9.75. The molecule has 0 radical (unpaired) electrons. The minimum Gasteiger partial charge on any atom is -0.478 e. The van der Waals surface area contributed by atoms with E-state index in [0.717, 1.165) is 50.5 Å². The molecule has 1 aromatic carbocycles. The summed E-state index contributed by atoms with van der Waals surface area (Å²) >= 11 is 0. The number of unbranched alkanes of at least 4 members (excludes halogenated alkanes) is 3. The average molecular weight is 290 g/mol. The van der Waals surface area contributed by atoms with Crippen molar-refractivity contribution < 1.29 is 9.90 Å². The summed E-state index contributed by atoms with van der Waals surface area (Å²) < 4.78 is 0. The number of carboxylic acid groups (broad SMARTS) is 1. The first kappa shape index (κ1) is 17.7. The van der Waals surface area contributed by atoms with Crippen molar-refractivity contribution >= 4 is 5.97 Å². The predicted molar refractivity (Wildman–Crippen MR) is 89.2 cm³/mol. The summed E-state index contributed by atoms with van der Waals surface area (Å²) in [7, 11) is 0. The SMILES string of the molecule is CCCCc1cc(CCCC)c(C(=O)O)cc1CCCC. The monoisotopic (exact) mass is 290 g/mol. The van der Waals surface area contributed by atoms with Gasteiger partial charge in [-0.1, -0.05) is 46.1 Å². The van der Waals surface area contributed by atoms with Crippen LogP contribution in [0.2, 0.25) is 0 Å². The third kappa shape index (κ3) is 5.53. The van der Waals surface area contributed by atoms with E-state index in [1.165, 1.54) is 24.0 Å². The van der Waals surface area contributed by atoms with E-state index in [1.807, 2.05) is 6.07 Å². The van der Waals surface area contributed by atoms with E-state index in [4.69, 9.17) is 0 Å². The first-order chi connectivity index (χ1) is 10.1. The molecule has 1 rings (SSSR count). The molecule has 0 saturated carbocycles. The molecule has 0 atom stereocenters. The molecule has 2 nitrogen and oxygen atoms in total. The number of carbonyl (C=O) groups is 1. The van der Waals surface area contributed by atoms with E-state index in [9.17, 15) is 9.90 Å². The van der Waals surface area contributed by atoms with Crippen LogP contribution in [0.4, 0.5) is 0 Å². The Bertz CT molecular complexity index is 449. The summed E-state index contributed by atoms with van der Waals surface area (Å²) in [6.45, 7) is 6.53. The molecule has 0 aromatic heterocycles. The average Bonchev–Trinajstić information content (AvgIpc) is 2.48. The number of carboxylic acids is 1. The Morgan fingerprint density at radius 2 is 1.24 bits per heavy atom. The van der Waals surface area contributed by atoms with Crippen molar-refractivity contribution in [2.45, 2.75) is 78.6 Å².